The molecule has 5 nitrogen and oxygen atoms in total. The second-order valence-electron chi connectivity index (χ2n) is 5.27. The van der Waals surface area contributed by atoms with Gasteiger partial charge in [0.15, 0.2) is 10.0 Å². The molecule has 0 saturated carbocycles. The van der Waals surface area contributed by atoms with Gasteiger partial charge in [-0.1, -0.05) is 11.8 Å². The molecule has 10 heteroatoms. The first-order valence-corrected chi connectivity index (χ1v) is 9.04. The molecule has 0 atom stereocenters. The number of aromatic nitrogens is 3. The van der Waals surface area contributed by atoms with E-state index < -0.39 is 12.6 Å². The van der Waals surface area contributed by atoms with Crippen LogP contribution in [0.2, 0.25) is 0 Å². The first-order chi connectivity index (χ1) is 11.8. The maximum atomic E-state index is 12.2. The summed E-state index contributed by atoms with van der Waals surface area (Å²) < 4.78 is 38.0. The van der Waals surface area contributed by atoms with Crippen molar-refractivity contribution in [1.82, 2.24) is 15.2 Å². The normalized spacial score (nSPS) is 11.8. The van der Waals surface area contributed by atoms with Crippen molar-refractivity contribution in [1.29, 1.82) is 0 Å². The number of anilines is 1. The van der Waals surface area contributed by atoms with Crippen LogP contribution in [-0.4, -0.2) is 33.0 Å². The summed E-state index contributed by atoms with van der Waals surface area (Å²) in [5, 5.41) is 9.32. The molecule has 2 aromatic heterocycles. The summed E-state index contributed by atoms with van der Waals surface area (Å²) in [5.41, 5.74) is 2.33. The van der Waals surface area contributed by atoms with Crippen LogP contribution in [0.4, 0.5) is 18.9 Å². The van der Waals surface area contributed by atoms with E-state index in [0.717, 1.165) is 22.2 Å². The molecule has 0 radical (unpaired) electrons. The highest BCUT2D eigenvalue weighted by atomic mass is 32.2. The van der Waals surface area contributed by atoms with Gasteiger partial charge in [-0.2, -0.15) is 18.3 Å². The number of aromatic amines is 1. The summed E-state index contributed by atoms with van der Waals surface area (Å²) in [5.74, 6) is -0.404. The monoisotopic (exact) mass is 386 g/mol. The van der Waals surface area contributed by atoms with E-state index in [1.807, 2.05) is 0 Å². The molecule has 25 heavy (non-hydrogen) atoms. The molecule has 1 aromatic carbocycles. The molecule has 0 fully saturated rings. The topological polar surface area (TPSA) is 70.7 Å². The van der Waals surface area contributed by atoms with Crippen molar-refractivity contribution >= 4 is 44.9 Å². The Bertz CT molecular complexity index is 904. The number of rotatable bonds is 5. The zero-order valence-corrected chi connectivity index (χ0v) is 14.6. The Morgan fingerprint density at radius 2 is 2.16 bits per heavy atom. The van der Waals surface area contributed by atoms with Gasteiger partial charge in [0.05, 0.1) is 16.6 Å². The molecule has 3 aromatic rings. The van der Waals surface area contributed by atoms with E-state index in [0.29, 0.717) is 15.5 Å². The molecule has 132 valence electrons. The number of thiazole rings is 1. The number of amides is 1. The summed E-state index contributed by atoms with van der Waals surface area (Å²) in [7, 11) is 0. The van der Waals surface area contributed by atoms with Crippen molar-refractivity contribution < 1.29 is 18.0 Å². The SMILES string of the molecule is Cc1cc(C(=O)Nc2ccc3nc(SCCC(F)(F)F)sc3c2)n[nH]1. The van der Waals surface area contributed by atoms with Crippen LogP contribution in [0.25, 0.3) is 10.2 Å². The van der Waals surface area contributed by atoms with Gasteiger partial charge in [0, 0.05) is 17.1 Å². The third kappa shape index (κ3) is 4.73. The molecular weight excluding hydrogens is 373 g/mol. The summed E-state index contributed by atoms with van der Waals surface area (Å²) in [6, 6.07) is 6.81. The van der Waals surface area contributed by atoms with Gasteiger partial charge in [-0.25, -0.2) is 4.98 Å². The van der Waals surface area contributed by atoms with Crippen LogP contribution in [0.5, 0.6) is 0 Å². The Hall–Kier alpha value is -2.07. The fourth-order valence-corrected chi connectivity index (χ4v) is 4.19. The van der Waals surface area contributed by atoms with Gasteiger partial charge < -0.3 is 5.32 Å². The molecule has 0 aliphatic heterocycles. The molecule has 2 heterocycles. The van der Waals surface area contributed by atoms with Gasteiger partial charge in [-0.3, -0.25) is 9.89 Å². The van der Waals surface area contributed by atoms with Crippen molar-refractivity contribution in [3.63, 3.8) is 0 Å². The van der Waals surface area contributed by atoms with Crippen LogP contribution in [0.3, 0.4) is 0 Å². The molecule has 0 saturated heterocycles. The van der Waals surface area contributed by atoms with Gasteiger partial charge >= 0.3 is 6.18 Å². The van der Waals surface area contributed by atoms with Gasteiger partial charge in [0.25, 0.3) is 5.91 Å². The number of nitrogens with one attached hydrogen (secondary N) is 2. The van der Waals surface area contributed by atoms with E-state index in [1.54, 1.807) is 31.2 Å². The predicted molar refractivity (Wildman–Crippen MR) is 92.3 cm³/mol. The van der Waals surface area contributed by atoms with Gasteiger partial charge in [0.2, 0.25) is 0 Å². The maximum Gasteiger partial charge on any atom is 0.389 e. The summed E-state index contributed by atoms with van der Waals surface area (Å²) in [6.07, 6.45) is -5.01. The lowest BCUT2D eigenvalue weighted by atomic mass is 10.3. The van der Waals surface area contributed by atoms with E-state index in [4.69, 9.17) is 0 Å². The highest BCUT2D eigenvalue weighted by Gasteiger charge is 2.26. The van der Waals surface area contributed by atoms with Crippen molar-refractivity contribution in [2.45, 2.75) is 23.9 Å². The quantitative estimate of drug-likeness (QED) is 0.628. The minimum atomic E-state index is -4.16. The van der Waals surface area contributed by atoms with E-state index in [1.165, 1.54) is 11.3 Å². The number of halogens is 3. The number of nitrogens with zero attached hydrogens (tertiary/aromatic N) is 2. The number of carbonyl (C=O) groups excluding carboxylic acids is 1. The Kier molecular flexibility index (Phi) is 5.00. The van der Waals surface area contributed by atoms with E-state index >= 15 is 0 Å². The molecule has 0 bridgehead atoms. The molecule has 0 unspecified atom stereocenters. The Labute approximate surface area is 149 Å². The molecule has 3 rings (SSSR count). The smallest absolute Gasteiger partial charge is 0.321 e. The number of aryl methyl sites for hydroxylation is 1. The second kappa shape index (κ2) is 7.04. The first-order valence-electron chi connectivity index (χ1n) is 7.24. The average Bonchev–Trinajstić information content (AvgIpc) is 3.11. The predicted octanol–water partition coefficient (Wildman–Crippen LogP) is 4.62. The number of carbonyl (C=O) groups is 1. The molecule has 0 spiro atoms. The minimum absolute atomic E-state index is 0.0641. The number of thioether (sulfide) groups is 1. The number of H-pyrrole nitrogens is 1. The summed E-state index contributed by atoms with van der Waals surface area (Å²) in [6.45, 7) is 1.80. The van der Waals surface area contributed by atoms with Gasteiger partial charge in [-0.05, 0) is 31.2 Å². The average molecular weight is 386 g/mol. The second-order valence-corrected chi connectivity index (χ2v) is 7.64. The van der Waals surface area contributed by atoms with E-state index in [9.17, 15) is 18.0 Å². The lowest BCUT2D eigenvalue weighted by molar-refractivity contribution is -0.129. The standard InChI is InChI=1S/C15H13F3N4OS2/c1-8-6-11(22-21-8)13(23)19-9-2-3-10-12(7-9)25-14(20-10)24-5-4-15(16,17)18/h2-3,6-7H,4-5H2,1H3,(H,19,23)(H,21,22). The number of benzene rings is 1. The number of fused-ring (bicyclic) bond motifs is 1. The van der Waals surface area contributed by atoms with Crippen LogP contribution in [0.1, 0.15) is 22.6 Å². The highest BCUT2D eigenvalue weighted by molar-refractivity contribution is 8.01. The Morgan fingerprint density at radius 1 is 1.36 bits per heavy atom. The van der Waals surface area contributed by atoms with Crippen molar-refractivity contribution in [3.8, 4) is 0 Å². The lowest BCUT2D eigenvalue weighted by Crippen LogP contribution is -2.12. The zero-order valence-electron chi connectivity index (χ0n) is 13.0. The van der Waals surface area contributed by atoms with Crippen LogP contribution in [0.15, 0.2) is 28.6 Å². The van der Waals surface area contributed by atoms with E-state index in [-0.39, 0.29) is 17.4 Å². The van der Waals surface area contributed by atoms with Gasteiger partial charge in [-0.15, -0.1) is 11.3 Å². The highest BCUT2D eigenvalue weighted by Crippen LogP contribution is 2.33. The number of alkyl halides is 3. The van der Waals surface area contributed by atoms with Crippen LogP contribution < -0.4 is 5.32 Å². The van der Waals surface area contributed by atoms with Crippen molar-refractivity contribution in [3.05, 3.63) is 35.7 Å². The third-order valence-electron chi connectivity index (χ3n) is 3.18. The Balaban J connectivity index is 1.68. The fourth-order valence-electron chi connectivity index (χ4n) is 2.03. The minimum Gasteiger partial charge on any atom is -0.321 e. The largest absolute Gasteiger partial charge is 0.389 e. The summed E-state index contributed by atoms with van der Waals surface area (Å²) in [4.78, 5) is 16.4. The Morgan fingerprint density at radius 3 is 2.84 bits per heavy atom. The van der Waals surface area contributed by atoms with Crippen molar-refractivity contribution in [2.75, 3.05) is 11.1 Å². The molecule has 0 aliphatic rings. The first kappa shape index (κ1) is 17.7. The molecule has 1 amide bonds. The molecule has 0 aliphatic carbocycles. The zero-order chi connectivity index (χ0) is 18.0. The number of hydrogen-bond acceptors (Lipinski definition) is 5. The van der Waals surface area contributed by atoms with Crippen molar-refractivity contribution in [2.24, 2.45) is 0 Å². The maximum absolute atomic E-state index is 12.2. The van der Waals surface area contributed by atoms with Crippen LogP contribution in [-0.2, 0) is 0 Å². The fraction of sp³-hybridized carbons (Fsp3) is 0.267. The van der Waals surface area contributed by atoms with E-state index in [2.05, 4.69) is 20.5 Å². The summed E-state index contributed by atoms with van der Waals surface area (Å²) >= 11 is 2.38. The van der Waals surface area contributed by atoms with Gasteiger partial charge in [0.1, 0.15) is 0 Å². The number of hydrogen-bond donors (Lipinski definition) is 2. The third-order valence-corrected chi connectivity index (χ3v) is 5.34. The van der Waals surface area contributed by atoms with Crippen LogP contribution in [0, 0.1) is 6.92 Å². The molecule has 2 N–H and O–H groups in total. The molecular formula is C15H13F3N4OS2. The lowest BCUT2D eigenvalue weighted by Gasteiger charge is -2.03. The van der Waals surface area contributed by atoms with Crippen LogP contribution >= 0.6 is 23.1 Å².